The Kier molecular flexibility index (Phi) is 7.24. The molecule has 1 N–H and O–H groups in total. The van der Waals surface area contributed by atoms with Crippen molar-refractivity contribution in [1.82, 2.24) is 9.36 Å². The molecule has 3 amide bonds. The van der Waals surface area contributed by atoms with Crippen LogP contribution in [0.4, 0.5) is 17.1 Å². The van der Waals surface area contributed by atoms with Crippen LogP contribution < -0.4 is 25.4 Å². The van der Waals surface area contributed by atoms with E-state index in [0.29, 0.717) is 34.1 Å². The highest BCUT2D eigenvalue weighted by atomic mass is 32.2. The van der Waals surface area contributed by atoms with E-state index in [4.69, 9.17) is 17.0 Å². The molecule has 1 aromatic heterocycles. The number of para-hydroxylation sites is 2. The smallest absolute Gasteiger partial charge is 0.296 e. The molecule has 43 heavy (non-hydrogen) atoms. The first kappa shape index (κ1) is 28.2. The van der Waals surface area contributed by atoms with Crippen molar-refractivity contribution < 1.29 is 19.1 Å². The van der Waals surface area contributed by atoms with E-state index >= 15 is 0 Å². The van der Waals surface area contributed by atoms with E-state index in [9.17, 15) is 19.2 Å². The predicted octanol–water partition coefficient (Wildman–Crippen LogP) is 4.25. The maximum absolute atomic E-state index is 14.0. The zero-order chi connectivity index (χ0) is 30.4. The SMILES string of the molecule is COc1ccc(NC(=O)CN2C(=O)/C(=C3\SC(=S)N(c4c(C)n(C)n(-c5ccccc5)c4=O)C3=O)c3ccccc32)cc1. The zero-order valence-electron chi connectivity index (χ0n) is 23.4. The lowest BCUT2D eigenvalue weighted by molar-refractivity contribution is -0.118. The lowest BCUT2D eigenvalue weighted by atomic mass is 10.1. The summed E-state index contributed by atoms with van der Waals surface area (Å²) in [4.78, 5) is 57.2. The van der Waals surface area contributed by atoms with Crippen LogP contribution in [0.5, 0.6) is 5.75 Å². The molecule has 2 aliphatic rings. The summed E-state index contributed by atoms with van der Waals surface area (Å²) in [6.45, 7) is 1.46. The fraction of sp³-hybridized carbons (Fsp3) is 0.129. The van der Waals surface area contributed by atoms with Gasteiger partial charge in [-0.15, -0.1) is 0 Å². The second kappa shape index (κ2) is 11.0. The zero-order valence-corrected chi connectivity index (χ0v) is 25.0. The number of fused-ring (bicyclic) bond motifs is 1. The van der Waals surface area contributed by atoms with Gasteiger partial charge in [-0.2, -0.15) is 0 Å². The van der Waals surface area contributed by atoms with Crippen LogP contribution in [0.25, 0.3) is 11.3 Å². The van der Waals surface area contributed by atoms with E-state index in [1.165, 1.54) is 14.5 Å². The number of carbonyl (C=O) groups is 3. The van der Waals surface area contributed by atoms with Gasteiger partial charge in [-0.1, -0.05) is 60.4 Å². The molecule has 0 atom stereocenters. The number of rotatable bonds is 6. The average molecular weight is 612 g/mol. The number of methoxy groups -OCH3 is 1. The Hall–Kier alpha value is -4.94. The minimum atomic E-state index is -0.566. The number of hydrogen-bond donors (Lipinski definition) is 1. The van der Waals surface area contributed by atoms with Gasteiger partial charge < -0.3 is 10.1 Å². The van der Waals surface area contributed by atoms with E-state index in [1.54, 1.807) is 86.4 Å². The molecule has 1 saturated heterocycles. The van der Waals surface area contributed by atoms with E-state index in [-0.39, 0.29) is 27.0 Å². The number of nitrogens with one attached hydrogen (secondary N) is 1. The monoisotopic (exact) mass is 611 g/mol. The van der Waals surface area contributed by atoms with Crippen molar-refractivity contribution in [2.24, 2.45) is 7.05 Å². The number of carbonyl (C=O) groups excluding carboxylic acids is 3. The molecule has 0 spiro atoms. The molecule has 0 aliphatic carbocycles. The molecule has 2 aliphatic heterocycles. The lowest BCUT2D eigenvalue weighted by Crippen LogP contribution is -2.36. The van der Waals surface area contributed by atoms with Crippen molar-refractivity contribution in [3.63, 3.8) is 0 Å². The fourth-order valence-corrected chi connectivity index (χ4v) is 6.54. The number of anilines is 3. The number of benzene rings is 3. The molecule has 0 unspecified atom stereocenters. The highest BCUT2D eigenvalue weighted by molar-refractivity contribution is 8.27. The summed E-state index contributed by atoms with van der Waals surface area (Å²) >= 11 is 6.57. The molecule has 3 aromatic carbocycles. The molecule has 216 valence electrons. The third kappa shape index (κ3) is 4.74. The van der Waals surface area contributed by atoms with Crippen LogP contribution in [0.1, 0.15) is 11.3 Å². The van der Waals surface area contributed by atoms with Gasteiger partial charge in [-0.3, -0.25) is 33.7 Å². The molecular formula is C31H25N5O5S2. The minimum Gasteiger partial charge on any atom is -0.497 e. The van der Waals surface area contributed by atoms with Gasteiger partial charge >= 0.3 is 0 Å². The molecule has 0 radical (unpaired) electrons. The van der Waals surface area contributed by atoms with Gasteiger partial charge in [0.05, 0.1) is 34.7 Å². The summed E-state index contributed by atoms with van der Waals surface area (Å²) in [5.41, 5.74) is 2.58. The van der Waals surface area contributed by atoms with Crippen LogP contribution in [0, 0.1) is 6.92 Å². The molecular weight excluding hydrogens is 587 g/mol. The van der Waals surface area contributed by atoms with E-state index in [0.717, 1.165) is 11.8 Å². The number of hydrogen-bond acceptors (Lipinski definition) is 7. The van der Waals surface area contributed by atoms with Gasteiger partial charge in [0, 0.05) is 18.3 Å². The normalized spacial score (nSPS) is 16.2. The van der Waals surface area contributed by atoms with Crippen molar-refractivity contribution in [1.29, 1.82) is 0 Å². The molecule has 10 nitrogen and oxygen atoms in total. The second-order valence-corrected chi connectivity index (χ2v) is 11.5. The van der Waals surface area contributed by atoms with E-state index < -0.39 is 23.3 Å². The first-order valence-corrected chi connectivity index (χ1v) is 14.4. The van der Waals surface area contributed by atoms with Gasteiger partial charge in [0.1, 0.15) is 18.0 Å². The van der Waals surface area contributed by atoms with Crippen LogP contribution in [0.15, 0.2) is 88.6 Å². The Morgan fingerprint density at radius 1 is 0.930 bits per heavy atom. The highest BCUT2D eigenvalue weighted by Crippen LogP contribution is 2.45. The Labute approximate surface area is 256 Å². The molecule has 3 heterocycles. The number of thioether (sulfide) groups is 1. The summed E-state index contributed by atoms with van der Waals surface area (Å²) in [5.74, 6) is -0.835. The Bertz CT molecular complexity index is 1910. The quantitative estimate of drug-likeness (QED) is 0.257. The van der Waals surface area contributed by atoms with Gasteiger partial charge in [-0.05, 0) is 49.4 Å². The molecule has 4 aromatic rings. The largest absolute Gasteiger partial charge is 0.497 e. The molecule has 1 fully saturated rings. The van der Waals surface area contributed by atoms with Gasteiger partial charge in [0.25, 0.3) is 17.4 Å². The summed E-state index contributed by atoms with van der Waals surface area (Å²) in [6.07, 6.45) is 0. The van der Waals surface area contributed by atoms with Crippen molar-refractivity contribution in [3.8, 4) is 11.4 Å². The molecule has 12 heteroatoms. The lowest BCUT2D eigenvalue weighted by Gasteiger charge is -2.17. The molecule has 0 saturated carbocycles. The number of amides is 3. The summed E-state index contributed by atoms with van der Waals surface area (Å²) in [5, 5.41) is 2.79. The number of ether oxygens (including phenoxy) is 1. The molecule has 0 bridgehead atoms. The first-order valence-electron chi connectivity index (χ1n) is 13.2. The standard InChI is InChI=1S/C31H25N5O5S2/c1-18-26(29(39)36(33(18)2)20-9-5-4-6-10-20)35-30(40)27(43-31(35)42)25-22-11-7-8-12-23(22)34(28(25)38)17-24(37)32-19-13-15-21(41-3)16-14-19/h4-16H,17H2,1-3H3,(H,32,37)/b27-25-. The van der Waals surface area contributed by atoms with Crippen molar-refractivity contribution in [2.45, 2.75) is 6.92 Å². The van der Waals surface area contributed by atoms with Crippen LogP contribution in [0.2, 0.25) is 0 Å². The average Bonchev–Trinajstić information content (AvgIpc) is 3.53. The Morgan fingerprint density at radius 2 is 1.60 bits per heavy atom. The van der Waals surface area contributed by atoms with E-state index in [1.807, 2.05) is 18.2 Å². The van der Waals surface area contributed by atoms with Crippen molar-refractivity contribution >= 4 is 68.7 Å². The fourth-order valence-electron chi connectivity index (χ4n) is 5.20. The minimum absolute atomic E-state index is 0.106. The van der Waals surface area contributed by atoms with Gasteiger partial charge in [-0.25, -0.2) is 4.68 Å². The van der Waals surface area contributed by atoms with E-state index in [2.05, 4.69) is 5.32 Å². The van der Waals surface area contributed by atoms with Crippen molar-refractivity contribution in [3.05, 3.63) is 105 Å². The van der Waals surface area contributed by atoms with Crippen LogP contribution in [-0.4, -0.2) is 45.1 Å². The van der Waals surface area contributed by atoms with Crippen LogP contribution >= 0.6 is 24.0 Å². The molecule has 6 rings (SSSR count). The van der Waals surface area contributed by atoms with Crippen LogP contribution in [0.3, 0.4) is 0 Å². The Morgan fingerprint density at radius 3 is 2.30 bits per heavy atom. The summed E-state index contributed by atoms with van der Waals surface area (Å²) in [7, 11) is 3.28. The number of aromatic nitrogens is 2. The highest BCUT2D eigenvalue weighted by Gasteiger charge is 2.44. The number of nitrogens with zero attached hydrogens (tertiary/aromatic N) is 4. The topological polar surface area (TPSA) is 106 Å². The third-order valence-electron chi connectivity index (χ3n) is 7.34. The van der Waals surface area contributed by atoms with Crippen LogP contribution in [-0.2, 0) is 21.4 Å². The second-order valence-electron chi connectivity index (χ2n) is 9.81. The maximum atomic E-state index is 14.0. The van der Waals surface area contributed by atoms with Gasteiger partial charge in [0.15, 0.2) is 4.32 Å². The maximum Gasteiger partial charge on any atom is 0.296 e. The first-order chi connectivity index (χ1) is 20.7. The third-order valence-corrected chi connectivity index (χ3v) is 8.72. The van der Waals surface area contributed by atoms with Crippen molar-refractivity contribution in [2.75, 3.05) is 28.8 Å². The predicted molar refractivity (Wildman–Crippen MR) is 171 cm³/mol. The summed E-state index contributed by atoms with van der Waals surface area (Å²) in [6, 6.07) is 22.9. The summed E-state index contributed by atoms with van der Waals surface area (Å²) < 4.78 is 8.43. The number of thiocarbonyl (C=S) groups is 1. The van der Waals surface area contributed by atoms with Gasteiger partial charge in [0.2, 0.25) is 5.91 Å². The Balaban J connectivity index is 1.34.